The summed E-state index contributed by atoms with van der Waals surface area (Å²) in [5, 5.41) is 10.4. The van der Waals surface area contributed by atoms with Gasteiger partial charge in [0.2, 0.25) is 0 Å². The molecule has 1 aliphatic heterocycles. The predicted octanol–water partition coefficient (Wildman–Crippen LogP) is 2.80. The molecule has 106 valence electrons. The average molecular weight is 280 g/mol. The number of urea groups is 1. The lowest BCUT2D eigenvalue weighted by atomic mass is 10.0. The minimum absolute atomic E-state index is 0.142. The summed E-state index contributed by atoms with van der Waals surface area (Å²) in [6.45, 7) is 1.32. The fourth-order valence-electron chi connectivity index (χ4n) is 2.34. The molecule has 2 heterocycles. The summed E-state index contributed by atoms with van der Waals surface area (Å²) in [6, 6.07) is 13.5. The van der Waals surface area contributed by atoms with Crippen molar-refractivity contribution >= 4 is 17.4 Å². The minimum atomic E-state index is -0.142. The van der Waals surface area contributed by atoms with Crippen molar-refractivity contribution in [2.24, 2.45) is 0 Å². The summed E-state index contributed by atoms with van der Waals surface area (Å²) in [7, 11) is 0. The van der Waals surface area contributed by atoms with E-state index in [1.54, 1.807) is 23.2 Å². The maximum Gasteiger partial charge on any atom is 0.323 e. The number of anilines is 1. The highest BCUT2D eigenvalue weighted by Gasteiger charge is 2.19. The molecule has 2 amide bonds. The molecule has 0 unspecified atom stereocenters. The highest BCUT2D eigenvalue weighted by molar-refractivity contribution is 5.89. The standard InChI is InChI=1S/C16H16N4O/c21-16(18-15-9-4-10-17-19-15)20-11-5-8-14(12-20)13-6-2-1-3-7-13/h1-4,6-10H,5,11-12H2,(H,18,19,21). The molecular formula is C16H16N4O. The van der Waals surface area contributed by atoms with Crippen molar-refractivity contribution < 1.29 is 4.79 Å². The van der Waals surface area contributed by atoms with Crippen molar-refractivity contribution in [2.75, 3.05) is 18.4 Å². The molecule has 5 nitrogen and oxygen atoms in total. The van der Waals surface area contributed by atoms with Gasteiger partial charge in [-0.25, -0.2) is 4.79 Å². The van der Waals surface area contributed by atoms with Gasteiger partial charge in [-0.05, 0) is 29.7 Å². The monoisotopic (exact) mass is 280 g/mol. The molecule has 0 spiro atoms. The molecule has 21 heavy (non-hydrogen) atoms. The predicted molar refractivity (Wildman–Crippen MR) is 81.7 cm³/mol. The van der Waals surface area contributed by atoms with Crippen LogP contribution in [-0.2, 0) is 0 Å². The van der Waals surface area contributed by atoms with Crippen LogP contribution in [0.1, 0.15) is 12.0 Å². The van der Waals surface area contributed by atoms with Gasteiger partial charge < -0.3 is 4.90 Å². The number of hydrogen-bond acceptors (Lipinski definition) is 3. The summed E-state index contributed by atoms with van der Waals surface area (Å²) in [5.74, 6) is 0.471. The third kappa shape index (κ3) is 3.25. The molecule has 1 N–H and O–H groups in total. The van der Waals surface area contributed by atoms with Gasteiger partial charge in [-0.3, -0.25) is 5.32 Å². The molecule has 1 aliphatic rings. The van der Waals surface area contributed by atoms with Gasteiger partial charge >= 0.3 is 6.03 Å². The molecule has 0 saturated carbocycles. The Labute approximate surface area is 123 Å². The summed E-state index contributed by atoms with van der Waals surface area (Å²) in [5.41, 5.74) is 2.34. The van der Waals surface area contributed by atoms with Gasteiger partial charge in [0.05, 0.1) is 0 Å². The quantitative estimate of drug-likeness (QED) is 0.920. The number of rotatable bonds is 2. The van der Waals surface area contributed by atoms with E-state index in [1.165, 1.54) is 5.57 Å². The highest BCUT2D eigenvalue weighted by Crippen LogP contribution is 2.20. The fourth-order valence-corrected chi connectivity index (χ4v) is 2.34. The largest absolute Gasteiger partial charge is 0.323 e. The molecule has 1 aromatic heterocycles. The molecular weight excluding hydrogens is 264 g/mol. The van der Waals surface area contributed by atoms with Crippen molar-refractivity contribution in [3.63, 3.8) is 0 Å². The molecule has 0 fully saturated rings. The third-order valence-corrected chi connectivity index (χ3v) is 3.39. The van der Waals surface area contributed by atoms with Crippen LogP contribution in [0.15, 0.2) is 54.7 Å². The summed E-state index contributed by atoms with van der Waals surface area (Å²) >= 11 is 0. The third-order valence-electron chi connectivity index (χ3n) is 3.39. The van der Waals surface area contributed by atoms with Gasteiger partial charge in [-0.15, -0.1) is 5.10 Å². The van der Waals surface area contributed by atoms with E-state index in [0.717, 1.165) is 12.0 Å². The Kier molecular flexibility index (Phi) is 3.91. The SMILES string of the molecule is O=C(Nc1cccnn1)N1CCC=C(c2ccccc2)C1. The second-order valence-corrected chi connectivity index (χ2v) is 4.84. The number of nitrogens with one attached hydrogen (secondary N) is 1. The Morgan fingerprint density at radius 1 is 1.14 bits per heavy atom. The van der Waals surface area contributed by atoms with Crippen LogP contribution in [0, 0.1) is 0 Å². The van der Waals surface area contributed by atoms with Crippen molar-refractivity contribution in [2.45, 2.75) is 6.42 Å². The van der Waals surface area contributed by atoms with Crippen molar-refractivity contribution in [3.05, 3.63) is 60.3 Å². The topological polar surface area (TPSA) is 58.1 Å². The number of amides is 2. The fraction of sp³-hybridized carbons (Fsp3) is 0.188. The van der Waals surface area contributed by atoms with Crippen LogP contribution in [0.4, 0.5) is 10.6 Å². The second-order valence-electron chi connectivity index (χ2n) is 4.84. The average Bonchev–Trinajstić information content (AvgIpc) is 2.57. The molecule has 3 rings (SSSR count). The van der Waals surface area contributed by atoms with E-state index in [9.17, 15) is 4.79 Å². The molecule has 0 saturated heterocycles. The zero-order chi connectivity index (χ0) is 14.5. The molecule has 0 bridgehead atoms. The van der Waals surface area contributed by atoms with Gasteiger partial charge in [0.1, 0.15) is 0 Å². The second kappa shape index (κ2) is 6.17. The first-order chi connectivity index (χ1) is 10.3. The van der Waals surface area contributed by atoms with Crippen molar-refractivity contribution in [3.8, 4) is 0 Å². The first-order valence-electron chi connectivity index (χ1n) is 6.91. The van der Waals surface area contributed by atoms with Crippen LogP contribution >= 0.6 is 0 Å². The van der Waals surface area contributed by atoms with Crippen LogP contribution in [0.25, 0.3) is 5.57 Å². The number of carbonyl (C=O) groups excluding carboxylic acids is 1. The summed E-state index contributed by atoms with van der Waals surface area (Å²) in [6.07, 6.45) is 4.63. The molecule has 0 radical (unpaired) electrons. The highest BCUT2D eigenvalue weighted by atomic mass is 16.2. The lowest BCUT2D eigenvalue weighted by molar-refractivity contribution is 0.217. The van der Waals surface area contributed by atoms with Gasteiger partial charge in [0.15, 0.2) is 5.82 Å². The maximum atomic E-state index is 12.3. The Bertz CT molecular complexity index is 640. The molecule has 0 atom stereocenters. The summed E-state index contributed by atoms with van der Waals surface area (Å²) < 4.78 is 0. The normalized spacial score (nSPS) is 14.5. The molecule has 1 aromatic carbocycles. The van der Waals surface area contributed by atoms with Gasteiger partial charge in [-0.2, -0.15) is 5.10 Å². The van der Waals surface area contributed by atoms with Gasteiger partial charge in [-0.1, -0.05) is 36.4 Å². The molecule has 2 aromatic rings. The lowest BCUT2D eigenvalue weighted by Crippen LogP contribution is -2.38. The number of hydrogen-bond donors (Lipinski definition) is 1. The Morgan fingerprint density at radius 3 is 2.76 bits per heavy atom. The van der Waals surface area contributed by atoms with Crippen LogP contribution < -0.4 is 5.32 Å². The van der Waals surface area contributed by atoms with Crippen molar-refractivity contribution in [1.29, 1.82) is 0 Å². The molecule has 5 heteroatoms. The first-order valence-corrected chi connectivity index (χ1v) is 6.91. The number of benzene rings is 1. The van der Waals surface area contributed by atoms with E-state index in [0.29, 0.717) is 18.9 Å². The Balaban J connectivity index is 1.68. The van der Waals surface area contributed by atoms with E-state index in [2.05, 4.69) is 33.7 Å². The number of carbonyl (C=O) groups is 1. The van der Waals surface area contributed by atoms with Gasteiger partial charge in [0.25, 0.3) is 0 Å². The molecule has 0 aliphatic carbocycles. The zero-order valence-corrected chi connectivity index (χ0v) is 11.6. The number of aromatic nitrogens is 2. The first kappa shape index (κ1) is 13.3. The zero-order valence-electron chi connectivity index (χ0n) is 11.6. The van der Waals surface area contributed by atoms with E-state index in [4.69, 9.17) is 0 Å². The Morgan fingerprint density at radius 2 is 2.00 bits per heavy atom. The van der Waals surface area contributed by atoms with Crippen LogP contribution in [-0.4, -0.2) is 34.2 Å². The van der Waals surface area contributed by atoms with E-state index < -0.39 is 0 Å². The van der Waals surface area contributed by atoms with E-state index in [1.807, 2.05) is 18.2 Å². The minimum Gasteiger partial charge on any atom is -0.320 e. The van der Waals surface area contributed by atoms with Crippen LogP contribution in [0.5, 0.6) is 0 Å². The smallest absolute Gasteiger partial charge is 0.320 e. The summed E-state index contributed by atoms with van der Waals surface area (Å²) in [4.78, 5) is 14.1. The maximum absolute atomic E-state index is 12.3. The van der Waals surface area contributed by atoms with E-state index >= 15 is 0 Å². The number of nitrogens with zero attached hydrogens (tertiary/aromatic N) is 3. The van der Waals surface area contributed by atoms with Gasteiger partial charge in [0, 0.05) is 19.3 Å². The lowest BCUT2D eigenvalue weighted by Gasteiger charge is -2.27. The van der Waals surface area contributed by atoms with Crippen LogP contribution in [0.2, 0.25) is 0 Å². The van der Waals surface area contributed by atoms with Crippen molar-refractivity contribution in [1.82, 2.24) is 15.1 Å². The van der Waals surface area contributed by atoms with Crippen LogP contribution in [0.3, 0.4) is 0 Å². The Hall–Kier alpha value is -2.69. The van der Waals surface area contributed by atoms with E-state index in [-0.39, 0.29) is 6.03 Å².